The minimum absolute atomic E-state index is 0.00374. The number of carbonyl (C=O) groups excluding carboxylic acids is 2. The molecule has 0 aliphatic carbocycles. The van der Waals surface area contributed by atoms with Gasteiger partial charge in [-0.1, -0.05) is 115 Å². The van der Waals surface area contributed by atoms with Crippen molar-refractivity contribution < 1.29 is 9.59 Å². The van der Waals surface area contributed by atoms with Crippen LogP contribution in [0.15, 0.2) is 158 Å². The number of nitrogens with one attached hydrogen (secondary N) is 1. The van der Waals surface area contributed by atoms with Crippen LogP contribution in [-0.4, -0.2) is 11.8 Å². The molecule has 46 heavy (non-hydrogen) atoms. The smallest absolute Gasteiger partial charge is 0.262 e. The predicted octanol–water partition coefficient (Wildman–Crippen LogP) is 9.07. The van der Waals surface area contributed by atoms with Crippen LogP contribution in [0.3, 0.4) is 0 Å². The van der Waals surface area contributed by atoms with Crippen molar-refractivity contribution in [3.05, 3.63) is 186 Å². The van der Waals surface area contributed by atoms with Crippen LogP contribution in [0.5, 0.6) is 0 Å². The number of hydrogen-bond donors (Lipinski definition) is 1. The number of fused-ring (bicyclic) bond motifs is 2. The molecule has 0 aromatic heterocycles. The molecule has 6 aromatic carbocycles. The molecule has 2 amide bonds. The van der Waals surface area contributed by atoms with Crippen LogP contribution in [0.4, 0.5) is 17.1 Å². The Labute approximate surface area is 268 Å². The maximum atomic E-state index is 14.1. The number of nitrogens with zero attached hydrogens (tertiary/aromatic N) is 2. The number of rotatable bonds is 5. The minimum atomic E-state index is -0.372. The Morgan fingerprint density at radius 2 is 1.04 bits per heavy atom. The summed E-state index contributed by atoms with van der Waals surface area (Å²) in [5, 5.41) is 3.60. The molecule has 222 valence electrons. The van der Waals surface area contributed by atoms with Crippen LogP contribution in [0.25, 0.3) is 11.1 Å². The number of anilines is 3. The largest absolute Gasteiger partial charge is 0.360 e. The molecular formula is C41H31N3O2. The van der Waals surface area contributed by atoms with Crippen LogP contribution in [-0.2, 0) is 6.42 Å². The van der Waals surface area contributed by atoms with E-state index in [9.17, 15) is 9.59 Å². The molecule has 8 rings (SSSR count). The van der Waals surface area contributed by atoms with Gasteiger partial charge in [-0.2, -0.15) is 0 Å². The summed E-state index contributed by atoms with van der Waals surface area (Å²) in [4.78, 5) is 31.9. The Morgan fingerprint density at radius 3 is 1.74 bits per heavy atom. The molecule has 5 heteroatoms. The van der Waals surface area contributed by atoms with Gasteiger partial charge in [0.05, 0.1) is 11.6 Å². The lowest BCUT2D eigenvalue weighted by Gasteiger charge is -2.38. The Hall–Kier alpha value is -5.94. The highest BCUT2D eigenvalue weighted by Gasteiger charge is 2.35. The SMILES string of the molecule is O=C1c2ccccc2CC(c2ccccc2)N1c1cccc(-c2cccc(N3C(=O)c4ccccc4NC3c3ccccc3)c2)c1. The molecule has 2 aliphatic heterocycles. The van der Waals surface area contributed by atoms with Crippen molar-refractivity contribution in [1.29, 1.82) is 0 Å². The van der Waals surface area contributed by atoms with Gasteiger partial charge in [0.1, 0.15) is 6.17 Å². The first kappa shape index (κ1) is 27.6. The molecule has 0 saturated carbocycles. The fourth-order valence-electron chi connectivity index (χ4n) is 6.78. The summed E-state index contributed by atoms with van der Waals surface area (Å²) in [6, 6.07) is 51.9. The number of amides is 2. The van der Waals surface area contributed by atoms with Crippen molar-refractivity contribution in [1.82, 2.24) is 0 Å². The van der Waals surface area contributed by atoms with E-state index < -0.39 is 0 Å². The van der Waals surface area contributed by atoms with Crippen LogP contribution in [0, 0.1) is 0 Å². The van der Waals surface area contributed by atoms with Crippen molar-refractivity contribution in [2.75, 3.05) is 15.1 Å². The summed E-state index contributed by atoms with van der Waals surface area (Å²) < 4.78 is 0. The number of hydrogen-bond acceptors (Lipinski definition) is 3. The van der Waals surface area contributed by atoms with Crippen molar-refractivity contribution in [2.24, 2.45) is 0 Å². The maximum Gasteiger partial charge on any atom is 0.262 e. The Balaban J connectivity index is 1.20. The van der Waals surface area contributed by atoms with Gasteiger partial charge in [0.25, 0.3) is 11.8 Å². The minimum Gasteiger partial charge on any atom is -0.360 e. The first-order valence-corrected chi connectivity index (χ1v) is 15.6. The monoisotopic (exact) mass is 597 g/mol. The lowest BCUT2D eigenvalue weighted by molar-refractivity contribution is 0.0962. The Bertz CT molecular complexity index is 1920. The van der Waals surface area contributed by atoms with Gasteiger partial charge in [-0.05, 0) is 76.7 Å². The van der Waals surface area contributed by atoms with E-state index in [1.54, 1.807) is 0 Å². The molecule has 1 N–H and O–H groups in total. The molecule has 0 fully saturated rings. The lowest BCUT2D eigenvalue weighted by atomic mass is 9.88. The third-order valence-electron chi connectivity index (χ3n) is 9.00. The van der Waals surface area contributed by atoms with Gasteiger partial charge in [-0.15, -0.1) is 0 Å². The second-order valence-corrected chi connectivity index (χ2v) is 11.7. The molecule has 2 unspecified atom stereocenters. The average Bonchev–Trinajstić information content (AvgIpc) is 3.12. The van der Waals surface area contributed by atoms with Gasteiger partial charge in [-0.3, -0.25) is 14.5 Å². The zero-order chi connectivity index (χ0) is 31.0. The first-order valence-electron chi connectivity index (χ1n) is 15.6. The second-order valence-electron chi connectivity index (χ2n) is 11.7. The van der Waals surface area contributed by atoms with Crippen molar-refractivity contribution >= 4 is 28.9 Å². The molecule has 2 aliphatic rings. The molecule has 5 nitrogen and oxygen atoms in total. The van der Waals surface area contributed by atoms with Crippen LogP contribution in [0.2, 0.25) is 0 Å². The summed E-state index contributed by atoms with van der Waals surface area (Å²) >= 11 is 0. The lowest BCUT2D eigenvalue weighted by Crippen LogP contribution is -2.43. The molecule has 0 radical (unpaired) electrons. The number of para-hydroxylation sites is 1. The summed E-state index contributed by atoms with van der Waals surface area (Å²) in [6.07, 6.45) is 0.362. The van der Waals surface area contributed by atoms with Crippen LogP contribution < -0.4 is 15.1 Å². The normalized spacial score (nSPS) is 17.2. The fourth-order valence-corrected chi connectivity index (χ4v) is 6.78. The highest BCUT2D eigenvalue weighted by atomic mass is 16.2. The molecule has 6 aromatic rings. The van der Waals surface area contributed by atoms with E-state index in [4.69, 9.17) is 0 Å². The summed E-state index contributed by atoms with van der Waals surface area (Å²) in [6.45, 7) is 0. The molecule has 2 atom stereocenters. The number of carbonyl (C=O) groups is 2. The van der Waals surface area contributed by atoms with E-state index in [2.05, 4.69) is 47.8 Å². The zero-order valence-corrected chi connectivity index (χ0v) is 25.1. The topological polar surface area (TPSA) is 52.7 Å². The quantitative estimate of drug-likeness (QED) is 0.216. The fraction of sp³-hybridized carbons (Fsp3) is 0.0732. The Kier molecular flexibility index (Phi) is 6.92. The highest BCUT2D eigenvalue weighted by molar-refractivity contribution is 6.12. The third-order valence-corrected chi connectivity index (χ3v) is 9.00. The van der Waals surface area contributed by atoms with E-state index in [1.165, 1.54) is 0 Å². The van der Waals surface area contributed by atoms with Crippen molar-refractivity contribution in [3.63, 3.8) is 0 Å². The van der Waals surface area contributed by atoms with E-state index in [-0.39, 0.29) is 24.0 Å². The van der Waals surface area contributed by atoms with E-state index in [1.807, 2.05) is 125 Å². The van der Waals surface area contributed by atoms with Crippen molar-refractivity contribution in [3.8, 4) is 11.1 Å². The van der Waals surface area contributed by atoms with Gasteiger partial charge in [0.15, 0.2) is 0 Å². The van der Waals surface area contributed by atoms with Gasteiger partial charge < -0.3 is 10.2 Å². The van der Waals surface area contributed by atoms with Gasteiger partial charge in [0.2, 0.25) is 0 Å². The van der Waals surface area contributed by atoms with Gasteiger partial charge in [-0.25, -0.2) is 0 Å². The molecule has 0 bridgehead atoms. The second kappa shape index (κ2) is 11.5. The van der Waals surface area contributed by atoms with E-state index in [0.717, 1.165) is 56.9 Å². The van der Waals surface area contributed by atoms with Gasteiger partial charge in [0, 0.05) is 22.6 Å². The molecule has 0 saturated heterocycles. The number of benzene rings is 6. The Morgan fingerprint density at radius 1 is 0.500 bits per heavy atom. The van der Waals surface area contributed by atoms with Crippen LogP contribution >= 0.6 is 0 Å². The first-order chi connectivity index (χ1) is 22.7. The predicted molar refractivity (Wildman–Crippen MR) is 184 cm³/mol. The highest BCUT2D eigenvalue weighted by Crippen LogP contribution is 2.40. The summed E-state index contributed by atoms with van der Waals surface area (Å²) in [7, 11) is 0. The average molecular weight is 598 g/mol. The summed E-state index contributed by atoms with van der Waals surface area (Å²) in [5.74, 6) is -0.0617. The molecule has 0 spiro atoms. The van der Waals surface area contributed by atoms with E-state index in [0.29, 0.717) is 5.56 Å². The van der Waals surface area contributed by atoms with E-state index >= 15 is 0 Å². The standard InChI is InChI=1S/C41H31N3O2/c45-40-35-22-8-7-17-32(35)27-38(28-13-3-1-4-14-28)43(40)33-20-11-18-30(25-33)31-19-12-21-34(26-31)44-39(29-15-5-2-6-16-29)42-37-24-10-9-23-36(37)41(44)46/h1-26,38-39,42H,27H2. The third kappa shape index (κ3) is 4.83. The molecular weight excluding hydrogens is 566 g/mol. The zero-order valence-electron chi connectivity index (χ0n) is 25.1. The maximum absolute atomic E-state index is 14.1. The van der Waals surface area contributed by atoms with Gasteiger partial charge >= 0.3 is 0 Å². The molecule has 2 heterocycles. The summed E-state index contributed by atoms with van der Waals surface area (Å²) in [5.41, 5.74) is 8.90. The van der Waals surface area contributed by atoms with Crippen LogP contribution in [0.1, 0.15) is 49.6 Å². The van der Waals surface area contributed by atoms with Crippen molar-refractivity contribution in [2.45, 2.75) is 18.6 Å².